The molecule has 4 aromatic rings. The molecule has 1 heterocycles. The summed E-state index contributed by atoms with van der Waals surface area (Å²) in [7, 11) is 0. The number of aryl methyl sites for hydroxylation is 1. The summed E-state index contributed by atoms with van der Waals surface area (Å²) < 4.78 is 44.5. The van der Waals surface area contributed by atoms with E-state index in [1.807, 2.05) is 30.3 Å². The number of nitrogens with one attached hydrogen (secondary N) is 2. The highest BCUT2D eigenvalue weighted by Gasteiger charge is 2.32. The summed E-state index contributed by atoms with van der Waals surface area (Å²) in [6, 6.07) is 22.7. The van der Waals surface area contributed by atoms with Gasteiger partial charge in [-0.05, 0) is 54.5 Å². The highest BCUT2D eigenvalue weighted by molar-refractivity contribution is 8.00. The van der Waals surface area contributed by atoms with E-state index in [0.29, 0.717) is 17.3 Å². The number of aromatic nitrogens is 1. The molecular weight excluding hydrogens is 515 g/mol. The van der Waals surface area contributed by atoms with Crippen LogP contribution in [0.25, 0.3) is 6.08 Å². The SMILES string of the molecule is Cc1cc(NC(=O)C(Sc2ccc(NC(=O)/C=C/c3ccccc3C(F)(F)F)cc2)c2ccccc2)no1. The Morgan fingerprint density at radius 3 is 2.29 bits per heavy atom. The van der Waals surface area contributed by atoms with Gasteiger partial charge in [0.15, 0.2) is 5.82 Å². The molecule has 0 aliphatic rings. The second-order valence-corrected chi connectivity index (χ2v) is 9.33. The van der Waals surface area contributed by atoms with E-state index in [1.165, 1.54) is 30.0 Å². The van der Waals surface area contributed by atoms with Crippen LogP contribution in [0.15, 0.2) is 100 Å². The summed E-state index contributed by atoms with van der Waals surface area (Å²) in [6.07, 6.45) is -2.34. The molecule has 0 bridgehead atoms. The fourth-order valence-corrected chi connectivity index (χ4v) is 4.55. The van der Waals surface area contributed by atoms with Gasteiger partial charge in [0.1, 0.15) is 11.0 Å². The van der Waals surface area contributed by atoms with Crippen molar-refractivity contribution in [2.24, 2.45) is 0 Å². The monoisotopic (exact) mass is 537 g/mol. The molecule has 4 rings (SSSR count). The molecule has 6 nitrogen and oxygen atoms in total. The Bertz CT molecular complexity index is 1430. The number of thioether (sulfide) groups is 1. The van der Waals surface area contributed by atoms with Crippen LogP contribution < -0.4 is 10.6 Å². The van der Waals surface area contributed by atoms with E-state index in [2.05, 4.69) is 15.8 Å². The molecule has 10 heteroatoms. The maximum Gasteiger partial charge on any atom is 0.416 e. The molecule has 38 heavy (non-hydrogen) atoms. The highest BCUT2D eigenvalue weighted by atomic mass is 32.2. The van der Waals surface area contributed by atoms with E-state index in [9.17, 15) is 22.8 Å². The van der Waals surface area contributed by atoms with Crippen LogP contribution >= 0.6 is 11.8 Å². The van der Waals surface area contributed by atoms with E-state index >= 15 is 0 Å². The van der Waals surface area contributed by atoms with Crippen molar-refractivity contribution in [1.82, 2.24) is 5.16 Å². The van der Waals surface area contributed by atoms with Crippen molar-refractivity contribution >= 4 is 41.2 Å². The van der Waals surface area contributed by atoms with Gasteiger partial charge in [-0.25, -0.2) is 0 Å². The van der Waals surface area contributed by atoms with Crippen LogP contribution in [0.5, 0.6) is 0 Å². The number of carbonyl (C=O) groups is 2. The second-order valence-electron chi connectivity index (χ2n) is 8.15. The third-order valence-electron chi connectivity index (χ3n) is 5.28. The van der Waals surface area contributed by atoms with Gasteiger partial charge in [-0.2, -0.15) is 13.2 Å². The van der Waals surface area contributed by atoms with Gasteiger partial charge in [-0.3, -0.25) is 9.59 Å². The molecule has 1 unspecified atom stereocenters. The van der Waals surface area contributed by atoms with Crippen LogP contribution in [0.4, 0.5) is 24.7 Å². The molecule has 3 aromatic carbocycles. The zero-order valence-electron chi connectivity index (χ0n) is 20.0. The molecule has 2 N–H and O–H groups in total. The Morgan fingerprint density at radius 2 is 1.63 bits per heavy atom. The van der Waals surface area contributed by atoms with Gasteiger partial charge >= 0.3 is 6.18 Å². The first-order chi connectivity index (χ1) is 18.2. The van der Waals surface area contributed by atoms with Crippen molar-refractivity contribution in [3.63, 3.8) is 0 Å². The van der Waals surface area contributed by atoms with Crippen LogP contribution in [0.3, 0.4) is 0 Å². The van der Waals surface area contributed by atoms with Gasteiger partial charge in [0, 0.05) is 22.7 Å². The lowest BCUT2D eigenvalue weighted by Gasteiger charge is -2.16. The molecule has 0 aliphatic carbocycles. The number of alkyl halides is 3. The number of nitrogens with zero attached hydrogens (tertiary/aromatic N) is 1. The van der Waals surface area contributed by atoms with Crippen LogP contribution in [0.2, 0.25) is 0 Å². The third-order valence-corrected chi connectivity index (χ3v) is 6.54. The number of halogens is 3. The van der Waals surface area contributed by atoms with E-state index in [0.717, 1.165) is 28.7 Å². The van der Waals surface area contributed by atoms with Crippen LogP contribution in [-0.2, 0) is 15.8 Å². The molecule has 0 saturated heterocycles. The lowest BCUT2D eigenvalue weighted by molar-refractivity contribution is -0.137. The van der Waals surface area contributed by atoms with Crippen molar-refractivity contribution in [2.45, 2.75) is 23.2 Å². The van der Waals surface area contributed by atoms with Gasteiger partial charge in [0.2, 0.25) is 11.8 Å². The fraction of sp³-hybridized carbons (Fsp3) is 0.107. The van der Waals surface area contributed by atoms with Crippen molar-refractivity contribution < 1.29 is 27.3 Å². The Labute approximate surface area is 220 Å². The van der Waals surface area contributed by atoms with Crippen molar-refractivity contribution in [3.8, 4) is 0 Å². The predicted molar refractivity (Wildman–Crippen MR) is 140 cm³/mol. The zero-order chi connectivity index (χ0) is 27.1. The molecule has 2 amide bonds. The van der Waals surface area contributed by atoms with Gasteiger partial charge in [0.25, 0.3) is 0 Å². The summed E-state index contributed by atoms with van der Waals surface area (Å²) in [4.78, 5) is 26.1. The van der Waals surface area contributed by atoms with Crippen molar-refractivity contribution in [1.29, 1.82) is 0 Å². The second kappa shape index (κ2) is 11.8. The number of benzene rings is 3. The summed E-state index contributed by atoms with van der Waals surface area (Å²) >= 11 is 1.31. The van der Waals surface area contributed by atoms with Gasteiger partial charge < -0.3 is 15.2 Å². The van der Waals surface area contributed by atoms with Gasteiger partial charge in [-0.15, -0.1) is 11.8 Å². The summed E-state index contributed by atoms with van der Waals surface area (Å²) in [5.74, 6) is 0.0299. The lowest BCUT2D eigenvalue weighted by atomic mass is 10.1. The molecule has 1 atom stereocenters. The topological polar surface area (TPSA) is 84.2 Å². The van der Waals surface area contributed by atoms with Gasteiger partial charge in [0.05, 0.1) is 5.56 Å². The quantitative estimate of drug-likeness (QED) is 0.185. The van der Waals surface area contributed by atoms with Gasteiger partial charge in [-0.1, -0.05) is 53.7 Å². The highest BCUT2D eigenvalue weighted by Crippen LogP contribution is 2.37. The van der Waals surface area contributed by atoms with Crippen LogP contribution in [0, 0.1) is 6.92 Å². The number of carbonyl (C=O) groups excluding carboxylic acids is 2. The smallest absolute Gasteiger partial charge is 0.360 e. The lowest BCUT2D eigenvalue weighted by Crippen LogP contribution is -2.19. The fourth-order valence-electron chi connectivity index (χ4n) is 3.52. The average Bonchev–Trinajstić information content (AvgIpc) is 3.31. The van der Waals surface area contributed by atoms with E-state index < -0.39 is 22.9 Å². The number of hydrogen-bond donors (Lipinski definition) is 2. The predicted octanol–water partition coefficient (Wildman–Crippen LogP) is 7.13. The Balaban J connectivity index is 1.43. The normalized spacial score (nSPS) is 12.3. The van der Waals surface area contributed by atoms with E-state index in [4.69, 9.17) is 4.52 Å². The Hall–Kier alpha value is -4.31. The molecule has 0 aliphatic heterocycles. The minimum absolute atomic E-state index is 0.104. The summed E-state index contributed by atoms with van der Waals surface area (Å²) in [5.41, 5.74) is 0.317. The molecule has 194 valence electrons. The summed E-state index contributed by atoms with van der Waals surface area (Å²) in [5, 5.41) is 8.61. The number of amides is 2. The first kappa shape index (κ1) is 26.7. The maximum absolute atomic E-state index is 13.1. The third kappa shape index (κ3) is 7.13. The average molecular weight is 538 g/mol. The molecular formula is C28H22F3N3O3S. The van der Waals surface area contributed by atoms with Crippen LogP contribution in [0.1, 0.15) is 27.7 Å². The Kier molecular flexibility index (Phi) is 8.32. The molecule has 1 aromatic heterocycles. The maximum atomic E-state index is 13.1. The largest absolute Gasteiger partial charge is 0.416 e. The van der Waals surface area contributed by atoms with E-state index in [-0.39, 0.29) is 11.5 Å². The number of rotatable bonds is 8. The van der Waals surface area contributed by atoms with E-state index in [1.54, 1.807) is 37.3 Å². The number of hydrogen-bond acceptors (Lipinski definition) is 5. The first-order valence-corrected chi connectivity index (χ1v) is 12.3. The Morgan fingerprint density at radius 1 is 0.947 bits per heavy atom. The summed E-state index contributed by atoms with van der Waals surface area (Å²) in [6.45, 7) is 1.73. The number of anilines is 2. The standard InChI is InChI=1S/C28H22F3N3O3S/c1-18-17-24(34-37-18)33-27(36)26(20-8-3-2-4-9-20)38-22-14-12-21(13-15-22)32-25(35)16-11-19-7-5-6-10-23(19)28(29,30)31/h2-17,26H,1H3,(H,32,35)(H,33,34,36)/b16-11+. The zero-order valence-corrected chi connectivity index (χ0v) is 20.8. The molecule has 0 saturated carbocycles. The first-order valence-electron chi connectivity index (χ1n) is 11.4. The van der Waals surface area contributed by atoms with Crippen molar-refractivity contribution in [2.75, 3.05) is 10.6 Å². The molecule has 0 radical (unpaired) electrons. The molecule has 0 fully saturated rings. The minimum Gasteiger partial charge on any atom is -0.360 e. The minimum atomic E-state index is -4.52. The van der Waals surface area contributed by atoms with Crippen LogP contribution in [-0.4, -0.2) is 17.0 Å². The molecule has 0 spiro atoms. The van der Waals surface area contributed by atoms with Crippen molar-refractivity contribution in [3.05, 3.63) is 113 Å².